The lowest BCUT2D eigenvalue weighted by Gasteiger charge is -2.15. The third kappa shape index (κ3) is 3.06. The van der Waals surface area contributed by atoms with Gasteiger partial charge in [-0.15, -0.1) is 0 Å². The molecule has 0 saturated heterocycles. The Bertz CT molecular complexity index is 167. The van der Waals surface area contributed by atoms with Gasteiger partial charge in [-0.25, -0.2) is 0 Å². The first-order valence-corrected chi connectivity index (χ1v) is 2.95. The van der Waals surface area contributed by atoms with Gasteiger partial charge >= 0.3 is 0 Å². The van der Waals surface area contributed by atoms with E-state index in [0.717, 1.165) is 6.20 Å². The highest BCUT2D eigenvalue weighted by Gasteiger charge is 2.16. The fourth-order valence-electron chi connectivity index (χ4n) is 0.307. The highest BCUT2D eigenvalue weighted by Crippen LogP contribution is 2.19. The van der Waals surface area contributed by atoms with Gasteiger partial charge in [0.25, 0.3) is 6.20 Å². The number of hydrogen-bond donors (Lipinski definition) is 1. The maximum Gasteiger partial charge on any atom is 0.253 e. The lowest BCUT2D eigenvalue weighted by atomic mass is 9.93. The van der Waals surface area contributed by atoms with Gasteiger partial charge in [0.1, 0.15) is 0 Å². The minimum atomic E-state index is -0.541. The van der Waals surface area contributed by atoms with Crippen molar-refractivity contribution in [2.24, 2.45) is 11.1 Å². The second-order valence-electron chi connectivity index (χ2n) is 3.12. The molecule has 0 aliphatic carbocycles. The molecule has 0 aliphatic rings. The number of allylic oxidation sites excluding steroid dienone is 1. The second-order valence-corrected chi connectivity index (χ2v) is 3.12. The van der Waals surface area contributed by atoms with E-state index in [1.165, 1.54) is 0 Å². The number of nitrogens with two attached hydrogens (primary N) is 1. The summed E-state index contributed by atoms with van der Waals surface area (Å²) in [5, 5.41) is 9.91. The first kappa shape index (κ1) is 8.94. The molecular formula is C6H12N2O2. The topological polar surface area (TPSA) is 69.2 Å². The molecular weight excluding hydrogens is 132 g/mol. The molecule has 0 radical (unpaired) electrons. The highest BCUT2D eigenvalue weighted by molar-refractivity contribution is 5.01. The molecule has 4 heteroatoms. The van der Waals surface area contributed by atoms with Crippen molar-refractivity contribution in [2.75, 3.05) is 0 Å². The van der Waals surface area contributed by atoms with E-state index in [9.17, 15) is 10.1 Å². The zero-order valence-corrected chi connectivity index (χ0v) is 6.42. The summed E-state index contributed by atoms with van der Waals surface area (Å²) in [6.45, 7) is 5.47. The van der Waals surface area contributed by atoms with Crippen LogP contribution in [0.2, 0.25) is 0 Å². The molecule has 0 atom stereocenters. The van der Waals surface area contributed by atoms with E-state index in [-0.39, 0.29) is 11.1 Å². The summed E-state index contributed by atoms with van der Waals surface area (Å²) < 4.78 is 0. The Morgan fingerprint density at radius 2 is 2.00 bits per heavy atom. The Labute approximate surface area is 59.9 Å². The fourth-order valence-corrected chi connectivity index (χ4v) is 0.307. The van der Waals surface area contributed by atoms with Crippen molar-refractivity contribution in [3.05, 3.63) is 22.0 Å². The second kappa shape index (κ2) is 2.68. The van der Waals surface area contributed by atoms with Crippen molar-refractivity contribution >= 4 is 0 Å². The summed E-state index contributed by atoms with van der Waals surface area (Å²) in [7, 11) is 0. The maximum atomic E-state index is 9.91. The Morgan fingerprint density at radius 3 is 2.10 bits per heavy atom. The zero-order valence-electron chi connectivity index (χ0n) is 6.42. The molecule has 0 aliphatic heterocycles. The first-order valence-electron chi connectivity index (χ1n) is 2.95. The van der Waals surface area contributed by atoms with E-state index in [1.54, 1.807) is 0 Å². The van der Waals surface area contributed by atoms with E-state index in [4.69, 9.17) is 5.73 Å². The summed E-state index contributed by atoms with van der Waals surface area (Å²) in [5.41, 5.74) is 5.35. The third-order valence-corrected chi connectivity index (χ3v) is 1.11. The Balaban J connectivity index is 4.35. The molecule has 0 rings (SSSR count). The summed E-state index contributed by atoms with van der Waals surface area (Å²) in [6, 6.07) is 0. The smallest absolute Gasteiger partial charge is 0.253 e. The van der Waals surface area contributed by atoms with Crippen LogP contribution in [0.1, 0.15) is 20.8 Å². The van der Waals surface area contributed by atoms with Crippen LogP contribution < -0.4 is 5.73 Å². The molecule has 0 heterocycles. The van der Waals surface area contributed by atoms with Gasteiger partial charge in [0, 0.05) is 5.41 Å². The van der Waals surface area contributed by atoms with Crippen LogP contribution in [-0.4, -0.2) is 4.92 Å². The van der Waals surface area contributed by atoms with Crippen molar-refractivity contribution in [1.29, 1.82) is 0 Å². The lowest BCUT2D eigenvalue weighted by Crippen LogP contribution is -2.18. The predicted molar refractivity (Wildman–Crippen MR) is 38.7 cm³/mol. The fraction of sp³-hybridized carbons (Fsp3) is 0.667. The molecule has 0 saturated carbocycles. The van der Waals surface area contributed by atoms with E-state index < -0.39 is 4.92 Å². The van der Waals surface area contributed by atoms with Crippen LogP contribution in [0.15, 0.2) is 11.9 Å². The van der Waals surface area contributed by atoms with Crippen molar-refractivity contribution in [2.45, 2.75) is 20.8 Å². The van der Waals surface area contributed by atoms with Crippen molar-refractivity contribution in [3.8, 4) is 0 Å². The molecule has 0 aromatic heterocycles. The maximum absolute atomic E-state index is 9.91. The molecule has 0 aromatic rings. The van der Waals surface area contributed by atoms with Gasteiger partial charge in [0.15, 0.2) is 0 Å². The van der Waals surface area contributed by atoms with Gasteiger partial charge < -0.3 is 5.73 Å². The quantitative estimate of drug-likeness (QED) is 0.442. The van der Waals surface area contributed by atoms with E-state index >= 15 is 0 Å². The van der Waals surface area contributed by atoms with Gasteiger partial charge in [-0.1, -0.05) is 20.8 Å². The average molecular weight is 144 g/mol. The normalized spacial score (nSPS) is 13.3. The molecule has 4 nitrogen and oxygen atoms in total. The van der Waals surface area contributed by atoms with Crippen LogP contribution in [0.4, 0.5) is 0 Å². The van der Waals surface area contributed by atoms with Gasteiger partial charge in [-0.05, 0) is 0 Å². The van der Waals surface area contributed by atoms with Crippen molar-refractivity contribution in [3.63, 3.8) is 0 Å². The Hall–Kier alpha value is -1.06. The number of rotatable bonds is 1. The molecule has 58 valence electrons. The molecule has 0 unspecified atom stereocenters. The van der Waals surface area contributed by atoms with Crippen molar-refractivity contribution in [1.82, 2.24) is 0 Å². The molecule has 0 spiro atoms. The SMILES string of the molecule is CC(C)(C)C(N)=C[N+](=O)[O-]. The van der Waals surface area contributed by atoms with E-state index in [0.29, 0.717) is 0 Å². The van der Waals surface area contributed by atoms with Gasteiger partial charge in [-0.2, -0.15) is 0 Å². The molecule has 2 N–H and O–H groups in total. The molecule has 0 amide bonds. The van der Waals surface area contributed by atoms with Gasteiger partial charge in [-0.3, -0.25) is 10.1 Å². The van der Waals surface area contributed by atoms with Crippen LogP contribution >= 0.6 is 0 Å². The highest BCUT2D eigenvalue weighted by atomic mass is 16.6. The summed E-state index contributed by atoms with van der Waals surface area (Å²) in [4.78, 5) is 9.36. The van der Waals surface area contributed by atoms with Crippen LogP contribution in [0.25, 0.3) is 0 Å². The van der Waals surface area contributed by atoms with Crippen LogP contribution in [0.3, 0.4) is 0 Å². The van der Waals surface area contributed by atoms with Crippen molar-refractivity contribution < 1.29 is 4.92 Å². The lowest BCUT2D eigenvalue weighted by molar-refractivity contribution is -0.404. The van der Waals surface area contributed by atoms with E-state index in [2.05, 4.69) is 0 Å². The van der Waals surface area contributed by atoms with Gasteiger partial charge in [0.05, 0.1) is 10.6 Å². The minimum absolute atomic E-state index is 0.289. The Kier molecular flexibility index (Phi) is 2.40. The first-order chi connectivity index (χ1) is 4.34. The number of hydrogen-bond acceptors (Lipinski definition) is 3. The summed E-state index contributed by atoms with van der Waals surface area (Å²) in [5.74, 6) is 0. The third-order valence-electron chi connectivity index (χ3n) is 1.11. The molecule has 0 bridgehead atoms. The molecule has 0 fully saturated rings. The van der Waals surface area contributed by atoms with Gasteiger partial charge in [0.2, 0.25) is 0 Å². The van der Waals surface area contributed by atoms with Crippen LogP contribution in [0.5, 0.6) is 0 Å². The monoisotopic (exact) mass is 144 g/mol. The predicted octanol–water partition coefficient (Wildman–Crippen LogP) is 1.11. The average Bonchev–Trinajstić information content (AvgIpc) is 1.60. The zero-order chi connectivity index (χ0) is 8.36. The summed E-state index contributed by atoms with van der Waals surface area (Å²) in [6.07, 6.45) is 0.833. The molecule has 10 heavy (non-hydrogen) atoms. The minimum Gasteiger partial charge on any atom is -0.397 e. The van der Waals surface area contributed by atoms with E-state index in [1.807, 2.05) is 20.8 Å². The molecule has 0 aromatic carbocycles. The summed E-state index contributed by atoms with van der Waals surface area (Å²) >= 11 is 0. The number of nitrogens with zero attached hydrogens (tertiary/aromatic N) is 1. The van der Waals surface area contributed by atoms with Crippen LogP contribution in [0, 0.1) is 15.5 Å². The largest absolute Gasteiger partial charge is 0.397 e. The van der Waals surface area contributed by atoms with Crippen LogP contribution in [-0.2, 0) is 0 Å². The Morgan fingerprint density at radius 1 is 1.60 bits per heavy atom. The number of nitro groups is 1. The standard InChI is InChI=1S/C6H12N2O2/c1-6(2,3)5(7)4-8(9)10/h4H,7H2,1-3H3.